The van der Waals surface area contributed by atoms with Gasteiger partial charge in [0.2, 0.25) is 11.7 Å². The third kappa shape index (κ3) is 7.10. The average molecular weight is 448 g/mol. The molecule has 0 bridgehead atoms. The smallest absolute Gasteiger partial charge is 0.307 e. The van der Waals surface area contributed by atoms with E-state index >= 15 is 0 Å². The zero-order chi connectivity index (χ0) is 22.9. The predicted octanol–water partition coefficient (Wildman–Crippen LogP) is 5.68. The standard InChI is InChI=1S/C26H25NO4S/c1-18-8-12-22(13-9-18)32-23-14-10-21(11-15-23)27-24(28)16-17-25(29)31-19(2)26(30)20-6-4-3-5-7-20/h3-15,19H,16-17H2,1-2H3,(H,27,28). The maximum Gasteiger partial charge on any atom is 0.307 e. The second kappa shape index (κ2) is 11.3. The first kappa shape index (κ1) is 23.3. The number of nitrogens with one attached hydrogen (secondary N) is 1. The Morgan fingerprint density at radius 1 is 0.844 bits per heavy atom. The normalized spacial score (nSPS) is 11.4. The van der Waals surface area contributed by atoms with E-state index in [4.69, 9.17) is 4.74 Å². The molecule has 5 nitrogen and oxygen atoms in total. The number of aryl methyl sites for hydroxylation is 1. The van der Waals surface area contributed by atoms with Gasteiger partial charge in [0.05, 0.1) is 6.42 Å². The molecule has 1 unspecified atom stereocenters. The van der Waals surface area contributed by atoms with Crippen LogP contribution in [0.2, 0.25) is 0 Å². The molecule has 0 saturated heterocycles. The molecule has 3 aromatic carbocycles. The number of anilines is 1. The van der Waals surface area contributed by atoms with E-state index in [0.29, 0.717) is 11.3 Å². The fraction of sp³-hybridized carbons (Fsp3) is 0.192. The molecule has 6 heteroatoms. The lowest BCUT2D eigenvalue weighted by Gasteiger charge is -2.12. The van der Waals surface area contributed by atoms with Crippen LogP contribution >= 0.6 is 11.8 Å². The van der Waals surface area contributed by atoms with Gasteiger partial charge in [0.25, 0.3) is 0 Å². The highest BCUT2D eigenvalue weighted by Gasteiger charge is 2.19. The van der Waals surface area contributed by atoms with Crippen LogP contribution in [0, 0.1) is 6.92 Å². The van der Waals surface area contributed by atoms with Gasteiger partial charge in [-0.05, 0) is 50.2 Å². The average Bonchev–Trinajstić information content (AvgIpc) is 2.80. The van der Waals surface area contributed by atoms with Gasteiger partial charge in [-0.25, -0.2) is 0 Å². The first-order valence-corrected chi connectivity index (χ1v) is 11.2. The van der Waals surface area contributed by atoms with Crippen LogP contribution in [0.5, 0.6) is 0 Å². The number of hydrogen-bond donors (Lipinski definition) is 1. The van der Waals surface area contributed by atoms with Crippen LogP contribution in [-0.2, 0) is 14.3 Å². The van der Waals surface area contributed by atoms with Crippen LogP contribution < -0.4 is 5.32 Å². The van der Waals surface area contributed by atoms with Crippen molar-refractivity contribution in [3.63, 3.8) is 0 Å². The summed E-state index contributed by atoms with van der Waals surface area (Å²) in [4.78, 5) is 38.7. The minimum absolute atomic E-state index is 0.0229. The summed E-state index contributed by atoms with van der Waals surface area (Å²) in [6.45, 7) is 3.58. The minimum atomic E-state index is -0.897. The molecule has 0 saturated carbocycles. The molecule has 164 valence electrons. The van der Waals surface area contributed by atoms with Crippen molar-refractivity contribution in [3.05, 3.63) is 90.0 Å². The third-order valence-corrected chi connectivity index (χ3v) is 5.70. The molecule has 1 N–H and O–H groups in total. The first-order valence-electron chi connectivity index (χ1n) is 10.3. The molecule has 0 spiro atoms. The Labute approximate surface area is 192 Å². The van der Waals surface area contributed by atoms with Gasteiger partial charge in [-0.3, -0.25) is 14.4 Å². The van der Waals surface area contributed by atoms with Gasteiger partial charge >= 0.3 is 5.97 Å². The molecular weight excluding hydrogens is 422 g/mol. The maximum atomic E-state index is 12.3. The summed E-state index contributed by atoms with van der Waals surface area (Å²) in [7, 11) is 0. The number of rotatable bonds is 9. The molecule has 3 aromatic rings. The summed E-state index contributed by atoms with van der Waals surface area (Å²) < 4.78 is 5.18. The second-order valence-electron chi connectivity index (χ2n) is 7.35. The summed E-state index contributed by atoms with van der Waals surface area (Å²) >= 11 is 1.64. The molecule has 0 heterocycles. The quantitative estimate of drug-likeness (QED) is 0.337. The summed E-state index contributed by atoms with van der Waals surface area (Å²) in [6, 6.07) is 24.5. The number of ether oxygens (including phenoxy) is 1. The van der Waals surface area contributed by atoms with Crippen molar-refractivity contribution < 1.29 is 19.1 Å². The summed E-state index contributed by atoms with van der Waals surface area (Å²) in [6.07, 6.45) is -1.02. The molecule has 0 radical (unpaired) electrons. The van der Waals surface area contributed by atoms with Gasteiger partial charge in [-0.15, -0.1) is 0 Å². The van der Waals surface area contributed by atoms with E-state index in [0.717, 1.165) is 9.79 Å². The lowest BCUT2D eigenvalue weighted by atomic mass is 10.1. The van der Waals surface area contributed by atoms with Crippen molar-refractivity contribution >= 4 is 35.1 Å². The molecule has 1 amide bonds. The van der Waals surface area contributed by atoms with E-state index in [-0.39, 0.29) is 24.5 Å². The van der Waals surface area contributed by atoms with E-state index in [1.165, 1.54) is 12.5 Å². The molecule has 3 rings (SSSR count). The van der Waals surface area contributed by atoms with Crippen molar-refractivity contribution in [2.45, 2.75) is 42.6 Å². The van der Waals surface area contributed by atoms with Crippen molar-refractivity contribution in [1.82, 2.24) is 0 Å². The lowest BCUT2D eigenvalue weighted by Crippen LogP contribution is -2.25. The Hall–Kier alpha value is -3.38. The van der Waals surface area contributed by atoms with Crippen LogP contribution in [0.25, 0.3) is 0 Å². The topological polar surface area (TPSA) is 72.5 Å². The highest BCUT2D eigenvalue weighted by Crippen LogP contribution is 2.28. The van der Waals surface area contributed by atoms with Crippen LogP contribution in [0.15, 0.2) is 88.7 Å². The van der Waals surface area contributed by atoms with E-state index in [9.17, 15) is 14.4 Å². The minimum Gasteiger partial charge on any atom is -0.454 e. The molecule has 0 fully saturated rings. The predicted molar refractivity (Wildman–Crippen MR) is 126 cm³/mol. The summed E-state index contributed by atoms with van der Waals surface area (Å²) in [5.74, 6) is -1.14. The van der Waals surface area contributed by atoms with Gasteiger partial charge < -0.3 is 10.1 Å². The number of esters is 1. The fourth-order valence-corrected chi connectivity index (χ4v) is 3.75. The molecule has 32 heavy (non-hydrogen) atoms. The van der Waals surface area contributed by atoms with Crippen molar-refractivity contribution in [2.24, 2.45) is 0 Å². The molecule has 0 aliphatic rings. The van der Waals surface area contributed by atoms with Gasteiger partial charge in [0, 0.05) is 27.5 Å². The summed E-state index contributed by atoms with van der Waals surface area (Å²) in [5.41, 5.74) is 2.35. The van der Waals surface area contributed by atoms with Gasteiger partial charge in [-0.1, -0.05) is 59.8 Å². The van der Waals surface area contributed by atoms with Crippen LogP contribution in [-0.4, -0.2) is 23.8 Å². The largest absolute Gasteiger partial charge is 0.454 e. The Morgan fingerprint density at radius 2 is 1.44 bits per heavy atom. The van der Waals surface area contributed by atoms with E-state index < -0.39 is 12.1 Å². The van der Waals surface area contributed by atoms with E-state index in [1.807, 2.05) is 30.3 Å². The Kier molecular flexibility index (Phi) is 8.22. The van der Waals surface area contributed by atoms with Gasteiger partial charge in [-0.2, -0.15) is 0 Å². The second-order valence-corrected chi connectivity index (χ2v) is 8.50. The maximum absolute atomic E-state index is 12.3. The van der Waals surface area contributed by atoms with Crippen LogP contribution in [0.4, 0.5) is 5.69 Å². The number of ketones is 1. The van der Waals surface area contributed by atoms with Crippen molar-refractivity contribution in [2.75, 3.05) is 5.32 Å². The number of amides is 1. The van der Waals surface area contributed by atoms with Crippen LogP contribution in [0.1, 0.15) is 35.7 Å². The highest BCUT2D eigenvalue weighted by atomic mass is 32.2. The Bertz CT molecular complexity index is 1060. The number of carbonyl (C=O) groups is 3. The zero-order valence-electron chi connectivity index (χ0n) is 18.0. The third-order valence-electron chi connectivity index (χ3n) is 4.69. The molecular formula is C26H25NO4S. The van der Waals surface area contributed by atoms with E-state index in [2.05, 4.69) is 36.5 Å². The number of hydrogen-bond acceptors (Lipinski definition) is 5. The fourth-order valence-electron chi connectivity index (χ4n) is 2.93. The van der Waals surface area contributed by atoms with Gasteiger partial charge in [0.1, 0.15) is 0 Å². The van der Waals surface area contributed by atoms with Gasteiger partial charge in [0.15, 0.2) is 6.10 Å². The number of benzene rings is 3. The summed E-state index contributed by atoms with van der Waals surface area (Å²) in [5, 5.41) is 2.77. The molecule has 0 aliphatic heterocycles. The van der Waals surface area contributed by atoms with Crippen molar-refractivity contribution in [1.29, 1.82) is 0 Å². The monoisotopic (exact) mass is 447 g/mol. The highest BCUT2D eigenvalue weighted by molar-refractivity contribution is 7.99. The number of carbonyl (C=O) groups excluding carboxylic acids is 3. The molecule has 0 aromatic heterocycles. The first-order chi connectivity index (χ1) is 15.4. The molecule has 0 aliphatic carbocycles. The zero-order valence-corrected chi connectivity index (χ0v) is 18.9. The SMILES string of the molecule is Cc1ccc(Sc2ccc(NC(=O)CCC(=O)OC(C)C(=O)c3ccccc3)cc2)cc1. The van der Waals surface area contributed by atoms with Crippen LogP contribution in [0.3, 0.4) is 0 Å². The lowest BCUT2D eigenvalue weighted by molar-refractivity contribution is -0.147. The van der Waals surface area contributed by atoms with E-state index in [1.54, 1.807) is 36.0 Å². The Balaban J connectivity index is 1.42. The Morgan fingerprint density at radius 3 is 2.06 bits per heavy atom. The molecule has 1 atom stereocenters. The van der Waals surface area contributed by atoms with Crippen molar-refractivity contribution in [3.8, 4) is 0 Å². The number of Topliss-reactive ketones (excluding diaryl/α,β-unsaturated/α-hetero) is 1.